The lowest BCUT2D eigenvalue weighted by molar-refractivity contribution is 0.0955. The largest absolute Gasteiger partial charge is 0.507 e. The minimum atomic E-state index is -0.283. The summed E-state index contributed by atoms with van der Waals surface area (Å²) in [5.41, 5.74) is 5.54. The lowest BCUT2D eigenvalue weighted by Gasteiger charge is -2.21. The van der Waals surface area contributed by atoms with Crippen LogP contribution in [0.2, 0.25) is 0 Å². The number of aryl methyl sites for hydroxylation is 1. The fourth-order valence-electron chi connectivity index (χ4n) is 2.44. The molecule has 0 aromatic heterocycles. The molecule has 0 bridgehead atoms. The first kappa shape index (κ1) is 17.5. The van der Waals surface area contributed by atoms with Gasteiger partial charge >= 0.3 is 0 Å². The molecule has 0 fully saturated rings. The Morgan fingerprint density at radius 2 is 1.96 bits per heavy atom. The van der Waals surface area contributed by atoms with Crippen LogP contribution in [0, 0.1) is 6.92 Å². The number of hydrogen-bond acceptors (Lipinski definition) is 4. The highest BCUT2D eigenvalue weighted by Crippen LogP contribution is 2.23. The molecule has 126 valence electrons. The monoisotopic (exact) mass is 325 g/mol. The Kier molecular flexibility index (Phi) is 5.95. The molecule has 2 N–H and O–H groups in total. The smallest absolute Gasteiger partial charge is 0.271 e. The Morgan fingerprint density at radius 3 is 2.58 bits per heavy atom. The standard InChI is InChI=1S/C19H23N3O2/c1-4-22(5-2)17-10-9-16(18(23)12-17)13-20-21-19(24)15-8-6-7-14(3)11-15/h6-13,23H,4-5H2,1-3H3,(H,21,24)/b20-13-. The van der Waals surface area contributed by atoms with Crippen LogP contribution < -0.4 is 10.3 Å². The normalized spacial score (nSPS) is 10.8. The lowest BCUT2D eigenvalue weighted by atomic mass is 10.1. The van der Waals surface area contributed by atoms with Crippen LogP contribution in [-0.2, 0) is 0 Å². The van der Waals surface area contributed by atoms with E-state index in [2.05, 4.69) is 29.3 Å². The number of nitrogens with zero attached hydrogens (tertiary/aromatic N) is 2. The molecule has 0 spiro atoms. The highest BCUT2D eigenvalue weighted by Gasteiger charge is 2.06. The van der Waals surface area contributed by atoms with Gasteiger partial charge in [0.15, 0.2) is 0 Å². The number of phenolic OH excluding ortho intramolecular Hbond substituents is 1. The highest BCUT2D eigenvalue weighted by molar-refractivity contribution is 5.95. The van der Waals surface area contributed by atoms with Gasteiger partial charge in [0.25, 0.3) is 5.91 Å². The third-order valence-electron chi connectivity index (χ3n) is 3.79. The summed E-state index contributed by atoms with van der Waals surface area (Å²) in [6, 6.07) is 12.7. The maximum atomic E-state index is 12.0. The average molecular weight is 325 g/mol. The van der Waals surface area contributed by atoms with Gasteiger partial charge in [0.1, 0.15) is 5.75 Å². The molecule has 0 saturated carbocycles. The number of benzene rings is 2. The molecular formula is C19H23N3O2. The zero-order valence-electron chi connectivity index (χ0n) is 14.3. The van der Waals surface area contributed by atoms with E-state index in [0.29, 0.717) is 11.1 Å². The summed E-state index contributed by atoms with van der Waals surface area (Å²) in [4.78, 5) is 14.1. The Labute approximate surface area is 142 Å². The lowest BCUT2D eigenvalue weighted by Crippen LogP contribution is -2.21. The second-order valence-electron chi connectivity index (χ2n) is 5.48. The SMILES string of the molecule is CCN(CC)c1ccc(/C=N\NC(=O)c2cccc(C)c2)c(O)c1. The first-order chi connectivity index (χ1) is 11.5. The van der Waals surface area contributed by atoms with Gasteiger partial charge in [0.2, 0.25) is 0 Å². The van der Waals surface area contributed by atoms with Crippen LogP contribution in [0.25, 0.3) is 0 Å². The average Bonchev–Trinajstić information content (AvgIpc) is 2.57. The van der Waals surface area contributed by atoms with Gasteiger partial charge in [-0.25, -0.2) is 5.43 Å². The van der Waals surface area contributed by atoms with Crippen molar-refractivity contribution in [2.24, 2.45) is 5.10 Å². The summed E-state index contributed by atoms with van der Waals surface area (Å²) in [5, 5.41) is 14.0. The summed E-state index contributed by atoms with van der Waals surface area (Å²) in [7, 11) is 0. The molecule has 0 saturated heterocycles. The van der Waals surface area contributed by atoms with Gasteiger partial charge in [0, 0.05) is 36.0 Å². The predicted molar refractivity (Wildman–Crippen MR) is 97.9 cm³/mol. The number of hydrogen-bond donors (Lipinski definition) is 2. The van der Waals surface area contributed by atoms with Crippen molar-refractivity contribution in [2.45, 2.75) is 20.8 Å². The maximum Gasteiger partial charge on any atom is 0.271 e. The van der Waals surface area contributed by atoms with Crippen molar-refractivity contribution in [2.75, 3.05) is 18.0 Å². The molecular weight excluding hydrogens is 302 g/mol. The Morgan fingerprint density at radius 1 is 1.21 bits per heavy atom. The molecule has 0 aliphatic heterocycles. The first-order valence-electron chi connectivity index (χ1n) is 8.03. The van der Waals surface area contributed by atoms with E-state index in [9.17, 15) is 9.90 Å². The maximum absolute atomic E-state index is 12.0. The quantitative estimate of drug-likeness (QED) is 0.632. The van der Waals surface area contributed by atoms with Gasteiger partial charge in [0.05, 0.1) is 6.21 Å². The molecule has 2 aromatic rings. The summed E-state index contributed by atoms with van der Waals surface area (Å²) in [6.45, 7) is 7.80. The molecule has 1 amide bonds. The zero-order chi connectivity index (χ0) is 17.5. The first-order valence-corrected chi connectivity index (χ1v) is 8.03. The van der Waals surface area contributed by atoms with Gasteiger partial charge in [-0.2, -0.15) is 5.10 Å². The van der Waals surface area contributed by atoms with Crippen molar-refractivity contribution in [3.8, 4) is 5.75 Å². The highest BCUT2D eigenvalue weighted by atomic mass is 16.3. The van der Waals surface area contributed by atoms with Gasteiger partial charge in [-0.1, -0.05) is 17.7 Å². The predicted octanol–water partition coefficient (Wildman–Crippen LogP) is 3.31. The molecule has 0 heterocycles. The van der Waals surface area contributed by atoms with Crippen LogP contribution in [0.15, 0.2) is 47.6 Å². The fraction of sp³-hybridized carbons (Fsp3) is 0.263. The van der Waals surface area contributed by atoms with Gasteiger partial charge in [-0.15, -0.1) is 0 Å². The second kappa shape index (κ2) is 8.15. The van der Waals surface area contributed by atoms with E-state index in [4.69, 9.17) is 0 Å². The number of carbonyl (C=O) groups excluding carboxylic acids is 1. The molecule has 0 aliphatic rings. The van der Waals surface area contributed by atoms with Crippen molar-refractivity contribution in [3.05, 3.63) is 59.2 Å². The Hall–Kier alpha value is -2.82. The molecule has 24 heavy (non-hydrogen) atoms. The van der Waals surface area contributed by atoms with Crippen molar-refractivity contribution in [3.63, 3.8) is 0 Å². The van der Waals surface area contributed by atoms with Crippen LogP contribution in [0.5, 0.6) is 5.75 Å². The molecule has 2 rings (SSSR count). The van der Waals surface area contributed by atoms with Crippen LogP contribution in [-0.4, -0.2) is 30.3 Å². The molecule has 5 nitrogen and oxygen atoms in total. The summed E-state index contributed by atoms with van der Waals surface area (Å²) >= 11 is 0. The van der Waals surface area contributed by atoms with Gasteiger partial charge < -0.3 is 10.0 Å². The number of amides is 1. The van der Waals surface area contributed by atoms with E-state index in [-0.39, 0.29) is 11.7 Å². The molecule has 2 aromatic carbocycles. The molecule has 0 radical (unpaired) electrons. The second-order valence-corrected chi connectivity index (χ2v) is 5.48. The van der Waals surface area contributed by atoms with E-state index in [1.165, 1.54) is 6.21 Å². The molecule has 0 unspecified atom stereocenters. The van der Waals surface area contributed by atoms with Gasteiger partial charge in [-0.3, -0.25) is 4.79 Å². The number of anilines is 1. The van der Waals surface area contributed by atoms with E-state index in [1.807, 2.05) is 25.1 Å². The van der Waals surface area contributed by atoms with Crippen molar-refractivity contribution < 1.29 is 9.90 Å². The minimum absolute atomic E-state index is 0.132. The summed E-state index contributed by atoms with van der Waals surface area (Å²) in [6.07, 6.45) is 1.44. The number of phenols is 1. The Balaban J connectivity index is 2.05. The van der Waals surface area contributed by atoms with Crippen LogP contribution in [0.4, 0.5) is 5.69 Å². The van der Waals surface area contributed by atoms with Crippen molar-refractivity contribution >= 4 is 17.8 Å². The summed E-state index contributed by atoms with van der Waals surface area (Å²) < 4.78 is 0. The third kappa shape index (κ3) is 4.35. The van der Waals surface area contributed by atoms with Crippen LogP contribution >= 0.6 is 0 Å². The number of hydrazone groups is 1. The molecule has 5 heteroatoms. The van der Waals surface area contributed by atoms with E-state index < -0.39 is 0 Å². The van der Waals surface area contributed by atoms with Crippen LogP contribution in [0.1, 0.15) is 35.3 Å². The Bertz CT molecular complexity index is 737. The third-order valence-corrected chi connectivity index (χ3v) is 3.79. The summed E-state index contributed by atoms with van der Waals surface area (Å²) in [5.74, 6) is -0.151. The van der Waals surface area contributed by atoms with Crippen molar-refractivity contribution in [1.82, 2.24) is 5.43 Å². The van der Waals surface area contributed by atoms with E-state index in [0.717, 1.165) is 24.3 Å². The fourth-order valence-corrected chi connectivity index (χ4v) is 2.44. The number of carbonyl (C=O) groups is 1. The van der Waals surface area contributed by atoms with E-state index >= 15 is 0 Å². The molecule has 0 aliphatic carbocycles. The number of nitrogens with one attached hydrogen (secondary N) is 1. The number of rotatable bonds is 6. The van der Waals surface area contributed by atoms with E-state index in [1.54, 1.807) is 24.3 Å². The molecule has 0 atom stereocenters. The number of aromatic hydroxyl groups is 1. The van der Waals surface area contributed by atoms with Gasteiger partial charge in [-0.05, 0) is 45.0 Å². The topological polar surface area (TPSA) is 64.9 Å². The van der Waals surface area contributed by atoms with Crippen molar-refractivity contribution in [1.29, 1.82) is 0 Å². The zero-order valence-corrected chi connectivity index (χ0v) is 14.3. The minimum Gasteiger partial charge on any atom is -0.507 e. The van der Waals surface area contributed by atoms with Crippen LogP contribution in [0.3, 0.4) is 0 Å².